The third kappa shape index (κ3) is 4.73. The second kappa shape index (κ2) is 8.79. The number of phenols is 1. The number of nitrogens with zero attached hydrogens (tertiary/aromatic N) is 5. The molecule has 3 aromatic heterocycles. The number of aromatic amines is 1. The van der Waals surface area contributed by atoms with Crippen LogP contribution in [0.3, 0.4) is 0 Å². The number of aromatic nitrogens is 5. The van der Waals surface area contributed by atoms with Gasteiger partial charge in [-0.05, 0) is 58.2 Å². The lowest BCUT2D eigenvalue weighted by molar-refractivity contribution is 0.161. The predicted molar refractivity (Wildman–Crippen MR) is 140 cm³/mol. The number of H-pyrrole nitrogens is 1. The van der Waals surface area contributed by atoms with E-state index >= 15 is 0 Å². The van der Waals surface area contributed by atoms with Crippen LogP contribution < -0.4 is 10.2 Å². The first kappa shape index (κ1) is 24.4. The summed E-state index contributed by atoms with van der Waals surface area (Å²) < 4.78 is 0. The van der Waals surface area contributed by atoms with Crippen LogP contribution in [-0.2, 0) is 0 Å². The Hall–Kier alpha value is -2.75. The van der Waals surface area contributed by atoms with Gasteiger partial charge in [0.25, 0.3) is 0 Å². The summed E-state index contributed by atoms with van der Waals surface area (Å²) in [6.45, 7) is 9.04. The molecule has 0 saturated carbocycles. The minimum atomic E-state index is 0. The molecule has 0 spiro atoms. The van der Waals surface area contributed by atoms with Gasteiger partial charge in [-0.1, -0.05) is 17.4 Å². The van der Waals surface area contributed by atoms with Crippen molar-refractivity contribution in [3.05, 3.63) is 36.8 Å². The number of nitrogens with one attached hydrogen (secondary N) is 2. The van der Waals surface area contributed by atoms with Gasteiger partial charge in [0, 0.05) is 35.9 Å². The van der Waals surface area contributed by atoms with E-state index in [4.69, 9.17) is 9.97 Å². The van der Waals surface area contributed by atoms with Gasteiger partial charge in [0.1, 0.15) is 16.1 Å². The first-order chi connectivity index (χ1) is 15.6. The van der Waals surface area contributed by atoms with Crippen LogP contribution in [0.1, 0.15) is 40.5 Å². The molecule has 1 fully saturated rings. The lowest BCUT2D eigenvalue weighted by Crippen LogP contribution is -2.61. The molecule has 0 amide bonds. The molecule has 8 nitrogen and oxygen atoms in total. The molecule has 0 aliphatic carbocycles. The number of benzene rings is 1. The molecular weight excluding hydrogens is 470 g/mol. The van der Waals surface area contributed by atoms with E-state index in [0.717, 1.165) is 39.4 Å². The van der Waals surface area contributed by atoms with Crippen LogP contribution in [-0.4, -0.2) is 54.4 Å². The first-order valence-electron chi connectivity index (χ1n) is 11.1. The standard InChI is InChI=1S/C24H29N7OS.ClH/c1-23(2)9-16(10-24(3,4)30-23)31(5)22-28-18-13-25-20(29-21(18)33-22)17-7-6-14(8-19(17)32)15-11-26-27-12-15;/h6-8,11-13,16,30,32H,9-10H2,1-5H3,(H,26,27);1H. The fourth-order valence-electron chi connectivity index (χ4n) is 5.01. The molecule has 0 radical (unpaired) electrons. The van der Waals surface area contributed by atoms with Crippen LogP contribution in [0, 0.1) is 0 Å². The Morgan fingerprint density at radius 1 is 1.06 bits per heavy atom. The Labute approximate surface area is 209 Å². The van der Waals surface area contributed by atoms with Crippen molar-refractivity contribution >= 4 is 39.2 Å². The van der Waals surface area contributed by atoms with E-state index in [-0.39, 0.29) is 29.2 Å². The van der Waals surface area contributed by atoms with E-state index in [1.807, 2.05) is 12.1 Å². The van der Waals surface area contributed by atoms with Gasteiger partial charge in [-0.2, -0.15) is 5.10 Å². The van der Waals surface area contributed by atoms with Crippen molar-refractivity contribution in [3.8, 4) is 28.3 Å². The highest BCUT2D eigenvalue weighted by Crippen LogP contribution is 2.37. The molecule has 0 atom stereocenters. The minimum Gasteiger partial charge on any atom is -0.507 e. The molecule has 180 valence electrons. The first-order valence-corrected chi connectivity index (χ1v) is 11.9. The SMILES string of the molecule is CN(c1nc2cnc(-c3ccc(-c4cn[nH]c4)cc3O)nc2s1)C1CC(C)(C)NC(C)(C)C1.Cl. The van der Waals surface area contributed by atoms with Crippen molar-refractivity contribution in [3.63, 3.8) is 0 Å². The summed E-state index contributed by atoms with van der Waals surface area (Å²) in [7, 11) is 2.12. The summed E-state index contributed by atoms with van der Waals surface area (Å²) >= 11 is 1.56. The molecule has 3 N–H and O–H groups in total. The predicted octanol–water partition coefficient (Wildman–Crippen LogP) is 5.02. The van der Waals surface area contributed by atoms with Gasteiger partial charge < -0.3 is 15.3 Å². The summed E-state index contributed by atoms with van der Waals surface area (Å²) in [4.78, 5) is 17.1. The van der Waals surface area contributed by atoms with E-state index in [0.29, 0.717) is 17.4 Å². The number of aromatic hydroxyl groups is 1. The number of phenolic OH excluding ortho intramolecular Hbond substituents is 1. The van der Waals surface area contributed by atoms with Crippen LogP contribution >= 0.6 is 23.7 Å². The monoisotopic (exact) mass is 499 g/mol. The minimum absolute atomic E-state index is 0. The Morgan fingerprint density at radius 3 is 2.44 bits per heavy atom. The number of fused-ring (bicyclic) bond motifs is 1. The van der Waals surface area contributed by atoms with Crippen molar-refractivity contribution in [2.75, 3.05) is 11.9 Å². The summed E-state index contributed by atoms with van der Waals surface area (Å²) in [5, 5.41) is 22.1. The second-order valence-corrected chi connectivity index (χ2v) is 11.1. The quantitative estimate of drug-likeness (QED) is 0.362. The van der Waals surface area contributed by atoms with Crippen LogP contribution in [0.15, 0.2) is 36.8 Å². The normalized spacial score (nSPS) is 17.4. The van der Waals surface area contributed by atoms with Crippen LogP contribution in [0.2, 0.25) is 0 Å². The zero-order chi connectivity index (χ0) is 23.4. The van der Waals surface area contributed by atoms with Crippen molar-refractivity contribution in [1.29, 1.82) is 0 Å². The number of piperidine rings is 1. The highest BCUT2D eigenvalue weighted by molar-refractivity contribution is 7.21. The molecule has 4 aromatic rings. The molecule has 4 heterocycles. The fourth-order valence-corrected chi connectivity index (χ4v) is 5.96. The highest BCUT2D eigenvalue weighted by atomic mass is 35.5. The number of anilines is 1. The zero-order valence-electron chi connectivity index (χ0n) is 20.0. The van der Waals surface area contributed by atoms with Gasteiger partial charge in [0.2, 0.25) is 0 Å². The van der Waals surface area contributed by atoms with E-state index in [9.17, 15) is 5.11 Å². The molecule has 0 bridgehead atoms. The fraction of sp³-hybridized carbons (Fsp3) is 0.417. The molecule has 5 rings (SSSR count). The average molecular weight is 500 g/mol. The smallest absolute Gasteiger partial charge is 0.187 e. The van der Waals surface area contributed by atoms with Crippen molar-refractivity contribution in [1.82, 2.24) is 30.5 Å². The Morgan fingerprint density at radius 2 is 1.79 bits per heavy atom. The highest BCUT2D eigenvalue weighted by Gasteiger charge is 2.39. The Bertz CT molecular complexity index is 1290. The van der Waals surface area contributed by atoms with E-state index in [1.54, 1.807) is 36.0 Å². The third-order valence-electron chi connectivity index (χ3n) is 6.23. The van der Waals surface area contributed by atoms with Crippen LogP contribution in [0.5, 0.6) is 5.75 Å². The molecule has 0 unspecified atom stereocenters. The maximum Gasteiger partial charge on any atom is 0.187 e. The number of hydrogen-bond donors (Lipinski definition) is 3. The molecule has 1 aromatic carbocycles. The van der Waals surface area contributed by atoms with Crippen LogP contribution in [0.4, 0.5) is 5.13 Å². The van der Waals surface area contributed by atoms with E-state index in [2.05, 4.69) is 60.1 Å². The van der Waals surface area contributed by atoms with Gasteiger partial charge >= 0.3 is 0 Å². The van der Waals surface area contributed by atoms with E-state index in [1.165, 1.54) is 0 Å². The third-order valence-corrected chi connectivity index (χ3v) is 7.28. The summed E-state index contributed by atoms with van der Waals surface area (Å²) in [5.41, 5.74) is 3.27. The molecule has 1 aliphatic heterocycles. The van der Waals surface area contributed by atoms with Gasteiger partial charge in [-0.15, -0.1) is 12.4 Å². The number of thiazole rings is 1. The maximum atomic E-state index is 10.6. The van der Waals surface area contributed by atoms with Crippen molar-refractivity contribution in [2.45, 2.75) is 57.7 Å². The maximum absolute atomic E-state index is 10.6. The largest absolute Gasteiger partial charge is 0.507 e. The number of hydrogen-bond acceptors (Lipinski definition) is 8. The summed E-state index contributed by atoms with van der Waals surface area (Å²) in [5.74, 6) is 0.620. The van der Waals surface area contributed by atoms with Crippen molar-refractivity contribution in [2.24, 2.45) is 0 Å². The Balaban J connectivity index is 0.00000274. The lowest BCUT2D eigenvalue weighted by atomic mass is 9.79. The Kier molecular flexibility index (Phi) is 6.30. The molecule has 1 aliphatic rings. The van der Waals surface area contributed by atoms with Crippen molar-refractivity contribution < 1.29 is 5.11 Å². The molecular formula is C24H30ClN7OS. The summed E-state index contributed by atoms with van der Waals surface area (Å²) in [6, 6.07) is 5.86. The van der Waals surface area contributed by atoms with Gasteiger partial charge in [0.05, 0.1) is 18.0 Å². The van der Waals surface area contributed by atoms with Gasteiger partial charge in [-0.3, -0.25) is 5.10 Å². The topological polar surface area (TPSA) is 103 Å². The van der Waals surface area contributed by atoms with Gasteiger partial charge in [-0.25, -0.2) is 15.0 Å². The number of halogens is 1. The molecule has 10 heteroatoms. The second-order valence-electron chi connectivity index (χ2n) is 10.2. The van der Waals surface area contributed by atoms with Gasteiger partial charge in [0.15, 0.2) is 11.0 Å². The zero-order valence-corrected chi connectivity index (χ0v) is 21.6. The average Bonchev–Trinajstić information content (AvgIpc) is 3.40. The molecule has 1 saturated heterocycles. The van der Waals surface area contributed by atoms with Crippen LogP contribution in [0.25, 0.3) is 32.9 Å². The number of rotatable bonds is 4. The molecule has 34 heavy (non-hydrogen) atoms. The van der Waals surface area contributed by atoms with E-state index < -0.39 is 0 Å². The summed E-state index contributed by atoms with van der Waals surface area (Å²) in [6.07, 6.45) is 7.33. The lowest BCUT2D eigenvalue weighted by Gasteiger charge is -2.48.